The van der Waals surface area contributed by atoms with E-state index in [0.717, 1.165) is 0 Å². The Hall–Kier alpha value is -0.840. The van der Waals surface area contributed by atoms with Crippen molar-refractivity contribution in [2.24, 2.45) is 0 Å². The second-order valence-corrected chi connectivity index (χ2v) is 3.12. The summed E-state index contributed by atoms with van der Waals surface area (Å²) in [5.41, 5.74) is 0. The van der Waals surface area contributed by atoms with Crippen LogP contribution >= 0.6 is 11.8 Å². The molecule has 0 rings (SSSR count). The molecular weight excluding hydrogens is 178 g/mol. The highest BCUT2D eigenvalue weighted by Crippen LogP contribution is 2.18. The number of hydrogen-bond donors (Lipinski definition) is 2. The van der Waals surface area contributed by atoms with Crippen molar-refractivity contribution in [2.75, 3.05) is 19.9 Å². The Bertz CT molecular complexity index is 185. The largest absolute Gasteiger partial charge is 0.482 e. The Morgan fingerprint density at radius 2 is 2.25 bits per heavy atom. The molecule has 0 radical (unpaired) electrons. The number of hydrogen-bond acceptors (Lipinski definition) is 4. The third-order valence-corrected chi connectivity index (χ3v) is 2.06. The van der Waals surface area contributed by atoms with Crippen molar-refractivity contribution >= 4 is 17.7 Å². The minimum Gasteiger partial charge on any atom is -0.482 e. The maximum absolute atomic E-state index is 10.6. The van der Waals surface area contributed by atoms with E-state index in [1.807, 2.05) is 6.92 Å². The van der Waals surface area contributed by atoms with Gasteiger partial charge < -0.3 is 15.2 Å². The normalized spacial score (nSPS) is 11.9. The van der Waals surface area contributed by atoms with Crippen molar-refractivity contribution in [1.82, 2.24) is 5.32 Å². The second kappa shape index (κ2) is 5.77. The van der Waals surface area contributed by atoms with Crippen molar-refractivity contribution in [3.05, 3.63) is 10.8 Å². The van der Waals surface area contributed by atoms with Crippen LogP contribution in [0.15, 0.2) is 10.8 Å². The van der Waals surface area contributed by atoms with Crippen LogP contribution in [0.1, 0.15) is 6.92 Å². The van der Waals surface area contributed by atoms with Crippen LogP contribution in [0.4, 0.5) is 0 Å². The van der Waals surface area contributed by atoms with Crippen LogP contribution in [0.5, 0.6) is 0 Å². The molecule has 0 fully saturated rings. The lowest BCUT2D eigenvalue weighted by atomic mass is 10.6. The first-order valence-electron chi connectivity index (χ1n) is 3.49. The van der Waals surface area contributed by atoms with Crippen molar-refractivity contribution < 1.29 is 14.6 Å². The van der Waals surface area contributed by atoms with Crippen molar-refractivity contribution in [2.45, 2.75) is 6.92 Å². The first-order chi connectivity index (χ1) is 5.67. The summed E-state index contributed by atoms with van der Waals surface area (Å²) in [5, 5.41) is 11.4. The van der Waals surface area contributed by atoms with Gasteiger partial charge in [0.2, 0.25) is 5.88 Å². The fraction of sp³-hybridized carbons (Fsp3) is 0.571. The quantitative estimate of drug-likeness (QED) is 0.498. The van der Waals surface area contributed by atoms with Crippen LogP contribution in [-0.2, 0) is 9.53 Å². The number of thioether (sulfide) groups is 1. The third kappa shape index (κ3) is 3.04. The summed E-state index contributed by atoms with van der Waals surface area (Å²) in [7, 11) is 3.06. The fourth-order valence-corrected chi connectivity index (χ4v) is 1.41. The number of nitrogens with one attached hydrogen (secondary N) is 1. The van der Waals surface area contributed by atoms with Crippen LogP contribution in [-0.4, -0.2) is 31.0 Å². The van der Waals surface area contributed by atoms with Gasteiger partial charge >= 0.3 is 5.97 Å². The molecule has 2 N–H and O–H groups in total. The molecule has 0 unspecified atom stereocenters. The van der Waals surface area contributed by atoms with Gasteiger partial charge in [-0.2, -0.15) is 0 Å². The number of carbonyl (C=O) groups is 1. The number of ether oxygens (including phenoxy) is 1. The van der Waals surface area contributed by atoms with Gasteiger partial charge in [0.15, 0.2) is 4.91 Å². The minimum atomic E-state index is -0.965. The molecule has 0 aliphatic carbocycles. The van der Waals surface area contributed by atoms with E-state index < -0.39 is 5.97 Å². The van der Waals surface area contributed by atoms with E-state index in [9.17, 15) is 4.79 Å². The Morgan fingerprint density at radius 1 is 1.67 bits per heavy atom. The van der Waals surface area contributed by atoms with Gasteiger partial charge in [-0.25, -0.2) is 4.79 Å². The molecule has 4 nitrogen and oxygen atoms in total. The summed E-state index contributed by atoms with van der Waals surface area (Å²) in [6, 6.07) is 0. The number of carboxylic acid groups (broad SMARTS) is 1. The molecule has 0 aromatic rings. The highest BCUT2D eigenvalue weighted by molar-refractivity contribution is 8.03. The van der Waals surface area contributed by atoms with E-state index >= 15 is 0 Å². The zero-order chi connectivity index (χ0) is 9.56. The van der Waals surface area contributed by atoms with E-state index in [1.165, 1.54) is 18.9 Å². The van der Waals surface area contributed by atoms with Gasteiger partial charge in [0, 0.05) is 7.05 Å². The predicted molar refractivity (Wildman–Crippen MR) is 48.9 cm³/mol. The predicted octanol–water partition coefficient (Wildman–Crippen LogP) is 0.859. The van der Waals surface area contributed by atoms with Crippen LogP contribution in [0.2, 0.25) is 0 Å². The molecule has 0 saturated carbocycles. The zero-order valence-electron chi connectivity index (χ0n) is 7.38. The van der Waals surface area contributed by atoms with Crippen molar-refractivity contribution in [1.29, 1.82) is 0 Å². The lowest BCUT2D eigenvalue weighted by Gasteiger charge is -2.08. The molecule has 0 atom stereocenters. The zero-order valence-corrected chi connectivity index (χ0v) is 8.20. The number of methoxy groups -OCH3 is 1. The molecular formula is C7H13NO3S. The Labute approximate surface area is 76.0 Å². The lowest BCUT2D eigenvalue weighted by molar-refractivity contribution is -0.132. The highest BCUT2D eigenvalue weighted by Gasteiger charge is 2.13. The van der Waals surface area contributed by atoms with Crippen molar-refractivity contribution in [3.8, 4) is 0 Å². The summed E-state index contributed by atoms with van der Waals surface area (Å²) in [6.07, 6.45) is 0. The van der Waals surface area contributed by atoms with E-state index in [0.29, 0.717) is 11.6 Å². The molecule has 0 amide bonds. The molecule has 0 spiro atoms. The van der Waals surface area contributed by atoms with Gasteiger partial charge in [0.25, 0.3) is 0 Å². The van der Waals surface area contributed by atoms with Gasteiger partial charge in [0.05, 0.1) is 7.11 Å². The van der Waals surface area contributed by atoms with Gasteiger partial charge in [0.1, 0.15) is 0 Å². The molecule has 0 aliphatic heterocycles. The Balaban J connectivity index is 4.63. The third-order valence-electron chi connectivity index (χ3n) is 1.12. The SMILES string of the molecule is CCS/C(C(=O)O)=C(\NC)OC. The van der Waals surface area contributed by atoms with Gasteiger partial charge in [-0.15, -0.1) is 11.8 Å². The van der Waals surface area contributed by atoms with Crippen LogP contribution in [0, 0.1) is 0 Å². The van der Waals surface area contributed by atoms with E-state index in [-0.39, 0.29) is 4.91 Å². The molecule has 0 aromatic carbocycles. The summed E-state index contributed by atoms with van der Waals surface area (Å²) >= 11 is 1.23. The van der Waals surface area contributed by atoms with Crippen LogP contribution in [0.3, 0.4) is 0 Å². The topological polar surface area (TPSA) is 58.6 Å². The Kier molecular flexibility index (Phi) is 5.36. The van der Waals surface area contributed by atoms with Crippen LogP contribution in [0.25, 0.3) is 0 Å². The molecule has 0 aromatic heterocycles. The minimum absolute atomic E-state index is 0.211. The maximum atomic E-state index is 10.6. The van der Waals surface area contributed by atoms with E-state index in [2.05, 4.69) is 5.32 Å². The first kappa shape index (κ1) is 11.2. The lowest BCUT2D eigenvalue weighted by Crippen LogP contribution is -2.14. The molecule has 0 bridgehead atoms. The van der Waals surface area contributed by atoms with Gasteiger partial charge in [-0.05, 0) is 5.75 Å². The smallest absolute Gasteiger partial charge is 0.347 e. The standard InChI is InChI=1S/C7H13NO3S/c1-4-12-5(7(9)10)6(8-2)11-3/h8H,4H2,1-3H3,(H,9,10)/b6-5+. The van der Waals surface area contributed by atoms with Gasteiger partial charge in [-0.1, -0.05) is 6.92 Å². The molecule has 5 heteroatoms. The molecule has 0 aliphatic rings. The monoisotopic (exact) mass is 191 g/mol. The number of carboxylic acids is 1. The van der Waals surface area contributed by atoms with Crippen LogP contribution < -0.4 is 5.32 Å². The summed E-state index contributed by atoms with van der Waals surface area (Å²) < 4.78 is 4.84. The molecule has 0 heterocycles. The van der Waals surface area contributed by atoms with E-state index in [1.54, 1.807) is 7.05 Å². The second-order valence-electron chi connectivity index (χ2n) is 1.85. The summed E-state index contributed by atoms with van der Waals surface area (Å²) in [5.74, 6) is 0.0401. The number of aliphatic carboxylic acids is 1. The summed E-state index contributed by atoms with van der Waals surface area (Å²) in [4.78, 5) is 10.9. The average Bonchev–Trinajstić information content (AvgIpc) is 2.05. The van der Waals surface area contributed by atoms with Crippen molar-refractivity contribution in [3.63, 3.8) is 0 Å². The number of rotatable bonds is 5. The highest BCUT2D eigenvalue weighted by atomic mass is 32.2. The Morgan fingerprint density at radius 3 is 2.50 bits per heavy atom. The first-order valence-corrected chi connectivity index (χ1v) is 4.48. The molecule has 0 saturated heterocycles. The average molecular weight is 191 g/mol. The summed E-state index contributed by atoms with van der Waals surface area (Å²) in [6.45, 7) is 1.89. The van der Waals surface area contributed by atoms with Gasteiger partial charge in [-0.3, -0.25) is 0 Å². The van der Waals surface area contributed by atoms with E-state index in [4.69, 9.17) is 9.84 Å². The maximum Gasteiger partial charge on any atom is 0.347 e. The fourth-order valence-electron chi connectivity index (χ4n) is 0.677. The molecule has 70 valence electrons. The molecule has 12 heavy (non-hydrogen) atoms.